The van der Waals surface area contributed by atoms with E-state index in [1.54, 1.807) is 6.20 Å². The third kappa shape index (κ3) is 3.29. The molecule has 6 nitrogen and oxygen atoms in total. The average molecular weight is 341 g/mol. The number of carbonyl (C=O) groups is 1. The normalized spacial score (nSPS) is 18.8. The zero-order valence-corrected chi connectivity index (χ0v) is 14.7. The van der Waals surface area contributed by atoms with Crippen molar-refractivity contribution in [1.82, 2.24) is 9.55 Å². The van der Waals surface area contributed by atoms with Gasteiger partial charge in [-0.2, -0.15) is 0 Å². The molecule has 0 saturated carbocycles. The number of aliphatic carboxylic acids is 1. The van der Waals surface area contributed by atoms with Crippen molar-refractivity contribution < 1.29 is 9.90 Å². The van der Waals surface area contributed by atoms with Gasteiger partial charge in [0.05, 0.1) is 0 Å². The number of hydrogen-bond acceptors (Lipinski definition) is 4. The van der Waals surface area contributed by atoms with Gasteiger partial charge in [-0.25, -0.2) is 9.78 Å². The Morgan fingerprint density at radius 2 is 2.00 bits per heavy atom. The molecule has 0 amide bonds. The lowest BCUT2D eigenvalue weighted by molar-refractivity contribution is -0.140. The first-order valence-electron chi connectivity index (χ1n) is 8.56. The molecule has 1 aromatic carbocycles. The first-order chi connectivity index (χ1) is 11.9. The van der Waals surface area contributed by atoms with Crippen molar-refractivity contribution in [3.63, 3.8) is 0 Å². The summed E-state index contributed by atoms with van der Waals surface area (Å²) in [5.74, 6) is -0.702. The second-order valence-electron chi connectivity index (χ2n) is 6.75. The molecular formula is C19H23N3O3. The molecule has 0 radical (unpaired) electrons. The topological polar surface area (TPSA) is 84.2 Å². The predicted octanol–water partition coefficient (Wildman–Crippen LogP) is 3.00. The lowest BCUT2D eigenvalue weighted by Gasteiger charge is -2.13. The molecule has 1 aliphatic heterocycles. The van der Waals surface area contributed by atoms with Gasteiger partial charge < -0.3 is 10.4 Å². The highest BCUT2D eigenvalue weighted by Crippen LogP contribution is 2.36. The predicted molar refractivity (Wildman–Crippen MR) is 96.1 cm³/mol. The molecule has 0 bridgehead atoms. The maximum atomic E-state index is 12.8. The number of carboxylic acid groups (broad SMARTS) is 1. The van der Waals surface area contributed by atoms with E-state index >= 15 is 0 Å². The molecule has 2 aromatic rings. The van der Waals surface area contributed by atoms with Gasteiger partial charge in [0.15, 0.2) is 5.82 Å². The third-order valence-corrected chi connectivity index (χ3v) is 4.78. The third-order valence-electron chi connectivity index (χ3n) is 4.78. The summed E-state index contributed by atoms with van der Waals surface area (Å²) in [7, 11) is 0. The maximum absolute atomic E-state index is 12.8. The Labute approximate surface area is 146 Å². The number of anilines is 1. The van der Waals surface area contributed by atoms with Gasteiger partial charge in [-0.15, -0.1) is 0 Å². The van der Waals surface area contributed by atoms with Crippen LogP contribution in [0.2, 0.25) is 0 Å². The van der Waals surface area contributed by atoms with Crippen LogP contribution in [-0.2, 0) is 11.3 Å². The zero-order chi connectivity index (χ0) is 18.1. The van der Waals surface area contributed by atoms with Crippen LogP contribution < -0.4 is 10.9 Å². The van der Waals surface area contributed by atoms with E-state index in [0.717, 1.165) is 28.8 Å². The Bertz CT molecular complexity index is 852. The highest BCUT2D eigenvalue weighted by Gasteiger charge is 2.36. The minimum Gasteiger partial charge on any atom is -0.480 e. The van der Waals surface area contributed by atoms with E-state index in [1.165, 1.54) is 4.57 Å². The first-order valence-corrected chi connectivity index (χ1v) is 8.56. The molecular weight excluding hydrogens is 318 g/mol. The van der Waals surface area contributed by atoms with Gasteiger partial charge in [0.1, 0.15) is 6.04 Å². The molecule has 2 heterocycles. The molecule has 6 heteroatoms. The Hall–Kier alpha value is -2.63. The number of fused-ring (bicyclic) bond motifs is 1. The molecule has 1 aromatic heterocycles. The minimum atomic E-state index is -0.967. The summed E-state index contributed by atoms with van der Waals surface area (Å²) in [6.07, 6.45) is 2.88. The number of benzene rings is 1. The Balaban J connectivity index is 1.90. The van der Waals surface area contributed by atoms with Crippen LogP contribution in [0.15, 0.2) is 29.2 Å². The minimum absolute atomic E-state index is 0.0646. The molecule has 0 saturated heterocycles. The molecule has 2 N–H and O–H groups in total. The van der Waals surface area contributed by atoms with Crippen LogP contribution >= 0.6 is 0 Å². The second-order valence-corrected chi connectivity index (χ2v) is 6.75. The molecule has 132 valence electrons. The van der Waals surface area contributed by atoms with Crippen LogP contribution in [0.3, 0.4) is 0 Å². The molecule has 0 unspecified atom stereocenters. The number of aryl methyl sites for hydroxylation is 2. The van der Waals surface area contributed by atoms with E-state index in [1.807, 2.05) is 20.8 Å². The van der Waals surface area contributed by atoms with Crippen molar-refractivity contribution >= 4 is 11.8 Å². The number of rotatable bonds is 5. The Kier molecular flexibility index (Phi) is 4.61. The van der Waals surface area contributed by atoms with Crippen molar-refractivity contribution in [3.8, 4) is 0 Å². The van der Waals surface area contributed by atoms with Gasteiger partial charge in [-0.1, -0.05) is 36.2 Å². The smallest absolute Gasteiger partial charge is 0.326 e. The van der Waals surface area contributed by atoms with Crippen LogP contribution in [0, 0.1) is 13.8 Å². The molecule has 0 fully saturated rings. The van der Waals surface area contributed by atoms with Gasteiger partial charge >= 0.3 is 5.97 Å². The standard InChI is InChI=1S/C19H23N3O3/c1-4-14-8-15(19(24)25)22-16(14)10-21-17(18(22)23)20-9-13-6-11(2)5-12(3)7-13/h5-7,10,14-15H,4,8-9H2,1-3H3,(H,20,21)(H,24,25)/t14-,15-/m0/s1. The zero-order valence-electron chi connectivity index (χ0n) is 14.7. The quantitative estimate of drug-likeness (QED) is 0.873. The first kappa shape index (κ1) is 17.2. The SMILES string of the molecule is CC[C@H]1C[C@@H](C(=O)O)n2c1cnc(NCc1cc(C)cc(C)c1)c2=O. The molecule has 25 heavy (non-hydrogen) atoms. The molecule has 2 atom stereocenters. The fraction of sp³-hybridized carbons (Fsp3) is 0.421. The van der Waals surface area contributed by atoms with Gasteiger partial charge in [0, 0.05) is 24.4 Å². The number of carboxylic acids is 1. The lowest BCUT2D eigenvalue weighted by Crippen LogP contribution is -2.30. The lowest BCUT2D eigenvalue weighted by atomic mass is 10.00. The van der Waals surface area contributed by atoms with E-state index < -0.39 is 12.0 Å². The van der Waals surface area contributed by atoms with E-state index in [2.05, 4.69) is 28.5 Å². The maximum Gasteiger partial charge on any atom is 0.326 e. The number of aromatic nitrogens is 2. The van der Waals surface area contributed by atoms with Crippen LogP contribution in [0.25, 0.3) is 0 Å². The number of nitrogens with one attached hydrogen (secondary N) is 1. The summed E-state index contributed by atoms with van der Waals surface area (Å²) < 4.78 is 1.40. The summed E-state index contributed by atoms with van der Waals surface area (Å²) in [6.45, 7) is 6.53. The van der Waals surface area contributed by atoms with Crippen molar-refractivity contribution in [1.29, 1.82) is 0 Å². The Morgan fingerprint density at radius 1 is 1.32 bits per heavy atom. The van der Waals surface area contributed by atoms with Crippen LogP contribution in [-0.4, -0.2) is 20.6 Å². The summed E-state index contributed by atoms with van der Waals surface area (Å²) in [6, 6.07) is 5.39. The monoisotopic (exact) mass is 341 g/mol. The van der Waals surface area contributed by atoms with Gasteiger partial charge in [-0.05, 0) is 32.3 Å². The van der Waals surface area contributed by atoms with Gasteiger partial charge in [0.25, 0.3) is 5.56 Å². The van der Waals surface area contributed by atoms with Crippen molar-refractivity contribution in [2.24, 2.45) is 0 Å². The summed E-state index contributed by atoms with van der Waals surface area (Å²) in [5, 5.41) is 12.5. The van der Waals surface area contributed by atoms with Crippen LogP contribution in [0.5, 0.6) is 0 Å². The van der Waals surface area contributed by atoms with Gasteiger partial charge in [0.2, 0.25) is 0 Å². The summed E-state index contributed by atoms with van der Waals surface area (Å²) in [4.78, 5) is 28.6. The average Bonchev–Trinajstić information content (AvgIpc) is 2.93. The fourth-order valence-electron chi connectivity index (χ4n) is 3.66. The Morgan fingerprint density at radius 3 is 2.60 bits per heavy atom. The fourth-order valence-corrected chi connectivity index (χ4v) is 3.66. The second kappa shape index (κ2) is 6.70. The molecule has 1 aliphatic rings. The van der Waals surface area contributed by atoms with E-state index in [4.69, 9.17) is 0 Å². The van der Waals surface area contributed by atoms with Crippen molar-refractivity contribution in [2.45, 2.75) is 52.1 Å². The van der Waals surface area contributed by atoms with Crippen LogP contribution in [0.4, 0.5) is 5.82 Å². The number of hydrogen-bond donors (Lipinski definition) is 2. The highest BCUT2D eigenvalue weighted by atomic mass is 16.4. The van der Waals surface area contributed by atoms with Crippen molar-refractivity contribution in [2.75, 3.05) is 5.32 Å². The number of nitrogens with zero attached hydrogens (tertiary/aromatic N) is 2. The largest absolute Gasteiger partial charge is 0.480 e. The van der Waals surface area contributed by atoms with Gasteiger partial charge in [-0.3, -0.25) is 9.36 Å². The summed E-state index contributed by atoms with van der Waals surface area (Å²) >= 11 is 0. The van der Waals surface area contributed by atoms with Crippen molar-refractivity contribution in [3.05, 3.63) is 57.1 Å². The molecule has 3 rings (SSSR count). The van der Waals surface area contributed by atoms with E-state index in [9.17, 15) is 14.7 Å². The van der Waals surface area contributed by atoms with E-state index in [0.29, 0.717) is 13.0 Å². The highest BCUT2D eigenvalue weighted by molar-refractivity contribution is 5.73. The molecule has 0 aliphatic carbocycles. The summed E-state index contributed by atoms with van der Waals surface area (Å²) in [5.41, 5.74) is 3.74. The van der Waals surface area contributed by atoms with Crippen LogP contribution in [0.1, 0.15) is 54.1 Å². The van der Waals surface area contributed by atoms with E-state index in [-0.39, 0.29) is 17.3 Å². The molecule has 0 spiro atoms.